The molecule has 90 valence electrons. The van der Waals surface area contributed by atoms with E-state index in [2.05, 4.69) is 22.4 Å². The van der Waals surface area contributed by atoms with Crippen LogP contribution in [0.2, 0.25) is 0 Å². The van der Waals surface area contributed by atoms with E-state index in [-0.39, 0.29) is 0 Å². The number of benzene rings is 1. The second kappa shape index (κ2) is 6.06. The molecule has 1 N–H and O–H groups in total. The van der Waals surface area contributed by atoms with Gasteiger partial charge in [0.1, 0.15) is 0 Å². The monoisotopic (exact) mass is 231 g/mol. The van der Waals surface area contributed by atoms with Crippen LogP contribution >= 0.6 is 0 Å². The third-order valence-corrected chi connectivity index (χ3v) is 2.41. The number of nitrogens with zero attached hydrogens (tertiary/aromatic N) is 2. The summed E-state index contributed by atoms with van der Waals surface area (Å²) >= 11 is 0. The first-order valence-electron chi connectivity index (χ1n) is 5.82. The molecule has 1 aromatic heterocycles. The summed E-state index contributed by atoms with van der Waals surface area (Å²) in [7, 11) is 0. The third kappa shape index (κ3) is 3.07. The summed E-state index contributed by atoms with van der Waals surface area (Å²) < 4.78 is 7.30. The Bertz CT molecular complexity index is 439. The fourth-order valence-corrected chi connectivity index (χ4v) is 1.61. The maximum absolute atomic E-state index is 5.28. The average Bonchev–Trinajstić information content (AvgIpc) is 2.84. The van der Waals surface area contributed by atoms with Gasteiger partial charge in [0.05, 0.1) is 6.61 Å². The van der Waals surface area contributed by atoms with E-state index in [9.17, 15) is 0 Å². The highest BCUT2D eigenvalue weighted by atomic mass is 16.5. The van der Waals surface area contributed by atoms with E-state index >= 15 is 0 Å². The summed E-state index contributed by atoms with van der Waals surface area (Å²) in [6.07, 6.45) is 3.73. The Kier molecular flexibility index (Phi) is 4.16. The van der Waals surface area contributed by atoms with Crippen molar-refractivity contribution in [3.63, 3.8) is 0 Å². The van der Waals surface area contributed by atoms with Crippen LogP contribution in [0.1, 0.15) is 6.92 Å². The Hall–Kier alpha value is -1.81. The Morgan fingerprint density at radius 2 is 2.12 bits per heavy atom. The van der Waals surface area contributed by atoms with Crippen molar-refractivity contribution in [1.82, 2.24) is 9.55 Å². The van der Waals surface area contributed by atoms with Gasteiger partial charge in [-0.05, 0) is 19.1 Å². The topological polar surface area (TPSA) is 39.1 Å². The number of ether oxygens (including phenoxy) is 1. The standard InChI is InChI=1S/C13H17N3O/c1-2-17-11-9-15-13-14-8-10-16(13)12-6-4-3-5-7-12/h3-8,10H,2,9,11H2,1H3,(H,14,15). The summed E-state index contributed by atoms with van der Waals surface area (Å²) in [4.78, 5) is 4.29. The maximum Gasteiger partial charge on any atom is 0.207 e. The van der Waals surface area contributed by atoms with Crippen LogP contribution in [0, 0.1) is 0 Å². The predicted octanol–water partition coefficient (Wildman–Crippen LogP) is 2.32. The van der Waals surface area contributed by atoms with Crippen molar-refractivity contribution in [3.05, 3.63) is 42.7 Å². The fraction of sp³-hybridized carbons (Fsp3) is 0.308. The highest BCUT2D eigenvalue weighted by Crippen LogP contribution is 2.13. The molecule has 17 heavy (non-hydrogen) atoms. The van der Waals surface area contributed by atoms with Crippen molar-refractivity contribution in [3.8, 4) is 5.69 Å². The molecule has 0 fully saturated rings. The van der Waals surface area contributed by atoms with Crippen molar-refractivity contribution < 1.29 is 4.74 Å². The molecule has 4 heteroatoms. The lowest BCUT2D eigenvalue weighted by atomic mass is 10.3. The molecule has 0 saturated carbocycles. The van der Waals surface area contributed by atoms with E-state index in [1.165, 1.54) is 0 Å². The van der Waals surface area contributed by atoms with Crippen LogP contribution in [-0.2, 0) is 4.74 Å². The molecule has 0 aliphatic carbocycles. The third-order valence-electron chi connectivity index (χ3n) is 2.41. The lowest BCUT2D eigenvalue weighted by Crippen LogP contribution is -2.12. The van der Waals surface area contributed by atoms with Gasteiger partial charge in [0.15, 0.2) is 0 Å². The zero-order valence-corrected chi connectivity index (χ0v) is 9.97. The molecule has 0 unspecified atom stereocenters. The molecular weight excluding hydrogens is 214 g/mol. The summed E-state index contributed by atoms with van der Waals surface area (Å²) in [6.45, 7) is 4.19. The van der Waals surface area contributed by atoms with Gasteiger partial charge >= 0.3 is 0 Å². The first kappa shape index (κ1) is 11.7. The highest BCUT2D eigenvalue weighted by molar-refractivity contribution is 5.41. The molecule has 0 aliphatic rings. The zero-order chi connectivity index (χ0) is 11.9. The van der Waals surface area contributed by atoms with E-state index in [1.807, 2.05) is 35.9 Å². The zero-order valence-electron chi connectivity index (χ0n) is 9.97. The van der Waals surface area contributed by atoms with Gasteiger partial charge in [-0.2, -0.15) is 0 Å². The first-order valence-corrected chi connectivity index (χ1v) is 5.82. The van der Waals surface area contributed by atoms with Crippen LogP contribution in [-0.4, -0.2) is 29.3 Å². The van der Waals surface area contributed by atoms with Gasteiger partial charge in [-0.25, -0.2) is 4.98 Å². The predicted molar refractivity (Wildman–Crippen MR) is 68.5 cm³/mol. The number of nitrogens with one attached hydrogen (secondary N) is 1. The van der Waals surface area contributed by atoms with Gasteiger partial charge in [0, 0.05) is 31.2 Å². The van der Waals surface area contributed by atoms with Crippen LogP contribution in [0.5, 0.6) is 0 Å². The molecule has 0 aliphatic heterocycles. The maximum atomic E-state index is 5.28. The molecule has 4 nitrogen and oxygen atoms in total. The molecule has 0 atom stereocenters. The molecule has 2 rings (SSSR count). The van der Waals surface area contributed by atoms with E-state index < -0.39 is 0 Å². The van der Waals surface area contributed by atoms with Crippen molar-refractivity contribution in [1.29, 1.82) is 0 Å². The van der Waals surface area contributed by atoms with Crippen molar-refractivity contribution in [2.24, 2.45) is 0 Å². The van der Waals surface area contributed by atoms with Crippen LogP contribution in [0.25, 0.3) is 5.69 Å². The smallest absolute Gasteiger partial charge is 0.207 e. The van der Waals surface area contributed by atoms with Crippen LogP contribution in [0.3, 0.4) is 0 Å². The minimum Gasteiger partial charge on any atom is -0.380 e. The van der Waals surface area contributed by atoms with Crippen LogP contribution in [0.4, 0.5) is 5.95 Å². The SMILES string of the molecule is CCOCCNc1nccn1-c1ccccc1. The second-order valence-electron chi connectivity index (χ2n) is 3.58. The van der Waals surface area contributed by atoms with Gasteiger partial charge in [-0.15, -0.1) is 0 Å². The van der Waals surface area contributed by atoms with E-state index in [0.717, 1.165) is 24.8 Å². The van der Waals surface area contributed by atoms with E-state index in [1.54, 1.807) is 6.20 Å². The summed E-state index contributed by atoms with van der Waals surface area (Å²) in [6, 6.07) is 10.1. The molecule has 0 radical (unpaired) electrons. The molecular formula is C13H17N3O. The molecule has 0 bridgehead atoms. The molecule has 0 amide bonds. The first-order chi connectivity index (χ1) is 8.42. The Balaban J connectivity index is 2.02. The summed E-state index contributed by atoms with van der Waals surface area (Å²) in [5.41, 5.74) is 1.10. The summed E-state index contributed by atoms with van der Waals surface area (Å²) in [5, 5.41) is 3.25. The number of aromatic nitrogens is 2. The lowest BCUT2D eigenvalue weighted by Gasteiger charge is -2.09. The van der Waals surface area contributed by atoms with Crippen LogP contribution < -0.4 is 5.32 Å². The van der Waals surface area contributed by atoms with Crippen molar-refractivity contribution in [2.75, 3.05) is 25.1 Å². The number of rotatable bonds is 6. The Labute approximate surface area is 101 Å². The van der Waals surface area contributed by atoms with Gasteiger partial charge in [-0.3, -0.25) is 4.57 Å². The Morgan fingerprint density at radius 1 is 1.29 bits per heavy atom. The normalized spacial score (nSPS) is 10.4. The largest absolute Gasteiger partial charge is 0.380 e. The Morgan fingerprint density at radius 3 is 2.88 bits per heavy atom. The number of anilines is 1. The molecule has 0 spiro atoms. The van der Waals surface area contributed by atoms with Crippen molar-refractivity contribution >= 4 is 5.95 Å². The molecule has 1 heterocycles. The minimum atomic E-state index is 0.693. The quantitative estimate of drug-likeness (QED) is 0.775. The minimum absolute atomic E-state index is 0.693. The lowest BCUT2D eigenvalue weighted by molar-refractivity contribution is 0.158. The second-order valence-corrected chi connectivity index (χ2v) is 3.58. The average molecular weight is 231 g/mol. The van der Waals surface area contributed by atoms with E-state index in [0.29, 0.717) is 6.61 Å². The number of hydrogen-bond donors (Lipinski definition) is 1. The van der Waals surface area contributed by atoms with Gasteiger partial charge in [-0.1, -0.05) is 18.2 Å². The van der Waals surface area contributed by atoms with Gasteiger partial charge in [0.2, 0.25) is 5.95 Å². The summed E-state index contributed by atoms with van der Waals surface area (Å²) in [5.74, 6) is 0.843. The fourth-order valence-electron chi connectivity index (χ4n) is 1.61. The van der Waals surface area contributed by atoms with E-state index in [4.69, 9.17) is 4.74 Å². The number of imidazole rings is 1. The number of para-hydroxylation sites is 1. The van der Waals surface area contributed by atoms with Gasteiger partial charge < -0.3 is 10.1 Å². The molecule has 2 aromatic rings. The molecule has 1 aromatic carbocycles. The number of hydrogen-bond acceptors (Lipinski definition) is 3. The molecule has 0 saturated heterocycles. The highest BCUT2D eigenvalue weighted by Gasteiger charge is 2.02. The van der Waals surface area contributed by atoms with Crippen molar-refractivity contribution in [2.45, 2.75) is 6.92 Å². The van der Waals surface area contributed by atoms with Gasteiger partial charge in [0.25, 0.3) is 0 Å². The van der Waals surface area contributed by atoms with Crippen LogP contribution in [0.15, 0.2) is 42.7 Å².